The third kappa shape index (κ3) is 3.18. The molecule has 6 nitrogen and oxygen atoms in total. The Morgan fingerprint density at radius 2 is 1.76 bits per heavy atom. The van der Waals surface area contributed by atoms with Crippen molar-refractivity contribution in [1.29, 1.82) is 0 Å². The van der Waals surface area contributed by atoms with Crippen molar-refractivity contribution in [3.8, 4) is 0 Å². The molecule has 1 saturated heterocycles. The van der Waals surface area contributed by atoms with Gasteiger partial charge in [0.15, 0.2) is 0 Å². The molecule has 0 atom stereocenters. The Morgan fingerprint density at radius 1 is 1.00 bits per heavy atom. The van der Waals surface area contributed by atoms with Gasteiger partial charge in [0.25, 0.3) is 15.6 Å². The van der Waals surface area contributed by atoms with Crippen LogP contribution in [0.1, 0.15) is 0 Å². The first-order valence-electron chi connectivity index (χ1n) is 7.90. The molecular weight excluding hydrogens is 378 g/mol. The standard InChI is InChI=1S/C16H17N3O3S3/c20-16-13-4-1-2-5-14(13)24-19(16)12-17-7-9-18(10-8-17)25(21,22)15-6-3-11-23-15/h1-6,11H,7-10,12H2. The summed E-state index contributed by atoms with van der Waals surface area (Å²) in [5.74, 6) is 0. The van der Waals surface area contributed by atoms with Crippen molar-refractivity contribution in [2.75, 3.05) is 26.2 Å². The lowest BCUT2D eigenvalue weighted by atomic mass is 10.3. The van der Waals surface area contributed by atoms with E-state index in [9.17, 15) is 13.2 Å². The number of piperazine rings is 1. The van der Waals surface area contributed by atoms with Gasteiger partial charge in [-0.3, -0.25) is 9.69 Å². The molecule has 4 rings (SSSR count). The predicted molar refractivity (Wildman–Crippen MR) is 101 cm³/mol. The molecule has 0 amide bonds. The van der Waals surface area contributed by atoms with Crippen LogP contribution in [0, 0.1) is 0 Å². The fraction of sp³-hybridized carbons (Fsp3) is 0.312. The van der Waals surface area contributed by atoms with Crippen LogP contribution < -0.4 is 5.56 Å². The lowest BCUT2D eigenvalue weighted by Gasteiger charge is -2.33. The van der Waals surface area contributed by atoms with E-state index in [1.54, 1.807) is 21.5 Å². The van der Waals surface area contributed by atoms with Gasteiger partial charge in [-0.15, -0.1) is 11.3 Å². The second-order valence-corrected chi connectivity index (χ2v) is 10.0. The van der Waals surface area contributed by atoms with Crippen molar-refractivity contribution in [2.24, 2.45) is 0 Å². The molecule has 2 aromatic heterocycles. The molecule has 3 aromatic rings. The number of benzene rings is 1. The van der Waals surface area contributed by atoms with Crippen LogP contribution in [0.15, 0.2) is 50.8 Å². The van der Waals surface area contributed by atoms with Crippen LogP contribution in [-0.4, -0.2) is 47.8 Å². The maximum atomic E-state index is 12.5. The Kier molecular flexibility index (Phi) is 4.50. The third-order valence-corrected chi connectivity index (χ3v) is 8.63. The summed E-state index contributed by atoms with van der Waals surface area (Å²) in [6.07, 6.45) is 0. The smallest absolute Gasteiger partial charge is 0.269 e. The molecule has 0 bridgehead atoms. The van der Waals surface area contributed by atoms with E-state index in [0.717, 1.165) is 10.1 Å². The minimum absolute atomic E-state index is 0.0224. The second-order valence-electron chi connectivity index (χ2n) is 5.87. The molecule has 3 heterocycles. The van der Waals surface area contributed by atoms with Crippen molar-refractivity contribution in [1.82, 2.24) is 13.2 Å². The molecule has 1 aromatic carbocycles. The minimum atomic E-state index is -3.38. The normalized spacial score (nSPS) is 17.3. The molecule has 1 aliphatic heterocycles. The minimum Gasteiger partial charge on any atom is -0.282 e. The topological polar surface area (TPSA) is 62.6 Å². The molecule has 0 radical (unpaired) electrons. The van der Waals surface area contributed by atoms with Gasteiger partial charge in [-0.1, -0.05) is 29.7 Å². The van der Waals surface area contributed by atoms with Gasteiger partial charge in [-0.05, 0) is 23.6 Å². The summed E-state index contributed by atoms with van der Waals surface area (Å²) in [6.45, 7) is 2.63. The van der Waals surface area contributed by atoms with E-state index in [4.69, 9.17) is 0 Å². The van der Waals surface area contributed by atoms with Crippen molar-refractivity contribution in [3.63, 3.8) is 0 Å². The molecule has 0 saturated carbocycles. The molecule has 0 spiro atoms. The summed E-state index contributed by atoms with van der Waals surface area (Å²) in [6, 6.07) is 11.0. The van der Waals surface area contributed by atoms with Crippen LogP contribution in [0.4, 0.5) is 0 Å². The Balaban J connectivity index is 1.45. The summed E-state index contributed by atoms with van der Waals surface area (Å²) in [5.41, 5.74) is 0.0224. The zero-order valence-electron chi connectivity index (χ0n) is 13.4. The molecule has 25 heavy (non-hydrogen) atoms. The number of aromatic nitrogens is 1. The summed E-state index contributed by atoms with van der Waals surface area (Å²) < 4.78 is 29.7. The Labute approximate surface area is 153 Å². The number of hydrogen-bond acceptors (Lipinski definition) is 6. The van der Waals surface area contributed by atoms with Crippen molar-refractivity contribution >= 4 is 43.0 Å². The maximum Gasteiger partial charge on any atom is 0.269 e. The number of thiophene rings is 1. The first-order chi connectivity index (χ1) is 12.1. The van der Waals surface area contributed by atoms with E-state index in [0.29, 0.717) is 37.1 Å². The van der Waals surface area contributed by atoms with E-state index >= 15 is 0 Å². The molecular formula is C16H17N3O3S3. The number of nitrogens with zero attached hydrogens (tertiary/aromatic N) is 3. The largest absolute Gasteiger partial charge is 0.282 e. The van der Waals surface area contributed by atoms with Crippen LogP contribution in [0.2, 0.25) is 0 Å². The molecule has 1 fully saturated rings. The van der Waals surface area contributed by atoms with Gasteiger partial charge in [0, 0.05) is 26.2 Å². The molecule has 1 aliphatic rings. The van der Waals surface area contributed by atoms with Gasteiger partial charge in [0.1, 0.15) is 4.21 Å². The lowest BCUT2D eigenvalue weighted by molar-refractivity contribution is 0.156. The van der Waals surface area contributed by atoms with Gasteiger partial charge in [0.05, 0.1) is 16.8 Å². The van der Waals surface area contributed by atoms with Gasteiger partial charge in [-0.25, -0.2) is 12.4 Å². The van der Waals surface area contributed by atoms with Crippen LogP contribution >= 0.6 is 22.9 Å². The van der Waals surface area contributed by atoms with E-state index < -0.39 is 10.0 Å². The summed E-state index contributed by atoms with van der Waals surface area (Å²) in [5, 5.41) is 2.52. The predicted octanol–water partition coefficient (Wildman–Crippen LogP) is 2.09. The maximum absolute atomic E-state index is 12.5. The van der Waals surface area contributed by atoms with Crippen molar-refractivity contribution in [3.05, 3.63) is 52.1 Å². The Morgan fingerprint density at radius 3 is 2.44 bits per heavy atom. The monoisotopic (exact) mass is 395 g/mol. The number of sulfonamides is 1. The second kappa shape index (κ2) is 6.65. The van der Waals surface area contributed by atoms with Crippen LogP contribution in [0.5, 0.6) is 0 Å². The molecule has 0 aliphatic carbocycles. The first-order valence-corrected chi connectivity index (χ1v) is 11.0. The first kappa shape index (κ1) is 16.9. The van der Waals surface area contributed by atoms with E-state index in [-0.39, 0.29) is 5.56 Å². The van der Waals surface area contributed by atoms with Gasteiger partial charge >= 0.3 is 0 Å². The number of rotatable bonds is 4. The fourth-order valence-corrected chi connectivity index (χ4v) is 6.54. The average molecular weight is 396 g/mol. The van der Waals surface area contributed by atoms with E-state index in [2.05, 4.69) is 4.90 Å². The Bertz CT molecular complexity index is 1030. The highest BCUT2D eigenvalue weighted by Crippen LogP contribution is 2.22. The SMILES string of the molecule is O=c1c2ccccc2sn1CN1CCN(S(=O)(=O)c2cccs2)CC1. The molecule has 9 heteroatoms. The molecule has 0 N–H and O–H groups in total. The summed E-state index contributed by atoms with van der Waals surface area (Å²) >= 11 is 2.70. The number of fused-ring (bicyclic) bond motifs is 1. The average Bonchev–Trinajstić information content (AvgIpc) is 3.26. The fourth-order valence-electron chi connectivity index (χ4n) is 2.94. The van der Waals surface area contributed by atoms with Gasteiger partial charge in [-0.2, -0.15) is 4.31 Å². The molecule has 0 unspecified atom stereocenters. The zero-order valence-corrected chi connectivity index (χ0v) is 15.8. The third-order valence-electron chi connectivity index (χ3n) is 4.30. The highest BCUT2D eigenvalue weighted by Gasteiger charge is 2.29. The highest BCUT2D eigenvalue weighted by atomic mass is 32.2. The van der Waals surface area contributed by atoms with E-state index in [1.807, 2.05) is 24.3 Å². The van der Waals surface area contributed by atoms with Crippen LogP contribution in [0.3, 0.4) is 0 Å². The van der Waals surface area contributed by atoms with Gasteiger partial charge < -0.3 is 0 Å². The quantitative estimate of drug-likeness (QED) is 0.679. The van der Waals surface area contributed by atoms with Crippen molar-refractivity contribution < 1.29 is 8.42 Å². The lowest BCUT2D eigenvalue weighted by Crippen LogP contribution is -2.49. The number of hydrogen-bond donors (Lipinski definition) is 0. The summed E-state index contributed by atoms with van der Waals surface area (Å²) in [4.78, 5) is 14.5. The van der Waals surface area contributed by atoms with Gasteiger partial charge in [0.2, 0.25) is 0 Å². The van der Waals surface area contributed by atoms with Crippen LogP contribution in [-0.2, 0) is 16.7 Å². The zero-order chi connectivity index (χ0) is 17.4. The van der Waals surface area contributed by atoms with Crippen LogP contribution in [0.25, 0.3) is 10.1 Å². The highest BCUT2D eigenvalue weighted by molar-refractivity contribution is 7.91. The molecule has 132 valence electrons. The Hall–Kier alpha value is -1.52. The van der Waals surface area contributed by atoms with E-state index in [1.165, 1.54) is 27.2 Å². The van der Waals surface area contributed by atoms with Crippen molar-refractivity contribution in [2.45, 2.75) is 10.9 Å². The summed E-state index contributed by atoms with van der Waals surface area (Å²) in [7, 11) is -3.38.